The summed E-state index contributed by atoms with van der Waals surface area (Å²) in [5.74, 6) is 0. The highest BCUT2D eigenvalue weighted by molar-refractivity contribution is 6.12. The van der Waals surface area contributed by atoms with Gasteiger partial charge in [0.15, 0.2) is 0 Å². The first-order valence-electron chi connectivity index (χ1n) is 16.4. The molecule has 9 rings (SSSR count). The van der Waals surface area contributed by atoms with Crippen LogP contribution in [0, 0.1) is 0 Å². The highest BCUT2D eigenvalue weighted by Gasteiger charge is 2.36. The van der Waals surface area contributed by atoms with Crippen molar-refractivity contribution in [3.05, 3.63) is 148 Å². The molecule has 2 aromatic heterocycles. The van der Waals surface area contributed by atoms with Gasteiger partial charge in [-0.15, -0.1) is 0 Å². The van der Waals surface area contributed by atoms with Crippen LogP contribution in [0.2, 0.25) is 0 Å². The van der Waals surface area contributed by atoms with Gasteiger partial charge in [0.25, 0.3) is 0 Å². The maximum atomic E-state index is 14.2. The van der Waals surface area contributed by atoms with E-state index in [1.54, 1.807) is 0 Å². The van der Waals surface area contributed by atoms with Gasteiger partial charge in [0, 0.05) is 27.8 Å². The van der Waals surface area contributed by atoms with Crippen molar-refractivity contribution < 1.29 is 4.42 Å². The van der Waals surface area contributed by atoms with Gasteiger partial charge in [0.1, 0.15) is 11.2 Å². The standard InChI is InChI=1S/C44H35NO2/c1-43(2,3)27-19-20-40-33(21-27)42(46)34-22-30(26-13-7-6-8-14-26)39(25-41(34)47-40)45-37-18-12-10-16-29(37)32-23-31-28-15-9-11-17-35(28)44(4,5)36(31)24-38(32)45/h6-25H,1-5H3. The molecule has 228 valence electrons. The van der Waals surface area contributed by atoms with E-state index >= 15 is 0 Å². The minimum Gasteiger partial charge on any atom is -0.456 e. The van der Waals surface area contributed by atoms with Crippen molar-refractivity contribution >= 4 is 43.7 Å². The first kappa shape index (κ1) is 27.9. The number of benzene rings is 6. The van der Waals surface area contributed by atoms with Gasteiger partial charge in [-0.05, 0) is 75.2 Å². The summed E-state index contributed by atoms with van der Waals surface area (Å²) in [4.78, 5) is 14.2. The smallest absolute Gasteiger partial charge is 0.200 e. The molecule has 0 N–H and O–H groups in total. The predicted octanol–water partition coefficient (Wildman–Crippen LogP) is 11.3. The highest BCUT2D eigenvalue weighted by Crippen LogP contribution is 2.51. The lowest BCUT2D eigenvalue weighted by Gasteiger charge is -2.22. The summed E-state index contributed by atoms with van der Waals surface area (Å²) in [5, 5.41) is 3.61. The second kappa shape index (κ2) is 9.56. The van der Waals surface area contributed by atoms with Crippen molar-refractivity contribution in [1.29, 1.82) is 0 Å². The van der Waals surface area contributed by atoms with E-state index < -0.39 is 0 Å². The summed E-state index contributed by atoms with van der Waals surface area (Å²) in [6, 6.07) is 42.8. The van der Waals surface area contributed by atoms with E-state index in [1.807, 2.05) is 24.3 Å². The van der Waals surface area contributed by atoms with Gasteiger partial charge < -0.3 is 8.98 Å². The molecule has 3 nitrogen and oxygen atoms in total. The maximum Gasteiger partial charge on any atom is 0.200 e. The van der Waals surface area contributed by atoms with E-state index in [0.717, 1.165) is 33.4 Å². The van der Waals surface area contributed by atoms with E-state index in [4.69, 9.17) is 4.42 Å². The monoisotopic (exact) mass is 609 g/mol. The van der Waals surface area contributed by atoms with Gasteiger partial charge in [-0.1, -0.05) is 113 Å². The summed E-state index contributed by atoms with van der Waals surface area (Å²) >= 11 is 0. The van der Waals surface area contributed by atoms with E-state index in [-0.39, 0.29) is 16.3 Å². The summed E-state index contributed by atoms with van der Waals surface area (Å²) in [6.07, 6.45) is 0. The van der Waals surface area contributed by atoms with E-state index in [9.17, 15) is 4.79 Å². The summed E-state index contributed by atoms with van der Waals surface area (Å²) < 4.78 is 8.96. The SMILES string of the molecule is CC(C)(C)c1ccc2oc3cc(-n4c5ccccc5c5cc6c(cc54)C(C)(C)c4ccccc4-6)c(-c4ccccc4)cc3c(=O)c2c1. The van der Waals surface area contributed by atoms with Gasteiger partial charge in [0.05, 0.1) is 27.5 Å². The Morgan fingerprint density at radius 3 is 2.09 bits per heavy atom. The molecule has 0 saturated carbocycles. The van der Waals surface area contributed by atoms with Crippen LogP contribution >= 0.6 is 0 Å². The largest absolute Gasteiger partial charge is 0.456 e. The quantitative estimate of drug-likeness (QED) is 0.183. The summed E-state index contributed by atoms with van der Waals surface area (Å²) in [7, 11) is 0. The van der Waals surface area contributed by atoms with Crippen molar-refractivity contribution in [2.75, 3.05) is 0 Å². The molecule has 47 heavy (non-hydrogen) atoms. The molecule has 0 unspecified atom stereocenters. The average molecular weight is 610 g/mol. The molecule has 0 bridgehead atoms. The number of nitrogens with zero attached hydrogens (tertiary/aromatic N) is 1. The molecule has 0 amide bonds. The average Bonchev–Trinajstić information content (AvgIpc) is 3.51. The van der Waals surface area contributed by atoms with Crippen molar-refractivity contribution in [2.24, 2.45) is 0 Å². The zero-order valence-electron chi connectivity index (χ0n) is 27.3. The fourth-order valence-electron chi connectivity index (χ4n) is 7.81. The topological polar surface area (TPSA) is 35.1 Å². The second-order valence-electron chi connectivity index (χ2n) is 14.6. The van der Waals surface area contributed by atoms with Crippen molar-refractivity contribution in [2.45, 2.75) is 45.4 Å². The molecule has 0 spiro atoms. The molecule has 6 aromatic carbocycles. The minimum absolute atomic E-state index is 0.00404. The molecule has 2 heterocycles. The minimum atomic E-state index is -0.134. The van der Waals surface area contributed by atoms with E-state index in [1.165, 1.54) is 33.0 Å². The molecular formula is C44H35NO2. The van der Waals surface area contributed by atoms with Gasteiger partial charge in [-0.25, -0.2) is 0 Å². The Hall–Kier alpha value is -5.41. The number of fused-ring (bicyclic) bond motifs is 8. The highest BCUT2D eigenvalue weighted by atomic mass is 16.3. The lowest BCUT2D eigenvalue weighted by atomic mass is 9.82. The summed E-state index contributed by atoms with van der Waals surface area (Å²) in [5.41, 5.74) is 12.6. The number of hydrogen-bond donors (Lipinski definition) is 0. The maximum absolute atomic E-state index is 14.2. The first-order valence-corrected chi connectivity index (χ1v) is 16.4. The van der Waals surface area contributed by atoms with Crippen LogP contribution in [0.3, 0.4) is 0 Å². The van der Waals surface area contributed by atoms with Crippen LogP contribution in [0.1, 0.15) is 51.3 Å². The molecule has 0 aliphatic heterocycles. The Bertz CT molecular complexity index is 2650. The molecule has 8 aromatic rings. The Morgan fingerprint density at radius 1 is 0.574 bits per heavy atom. The van der Waals surface area contributed by atoms with Crippen LogP contribution < -0.4 is 5.43 Å². The molecular weight excluding hydrogens is 574 g/mol. The second-order valence-corrected chi connectivity index (χ2v) is 14.6. The normalized spacial score (nSPS) is 13.9. The molecule has 0 radical (unpaired) electrons. The summed E-state index contributed by atoms with van der Waals surface area (Å²) in [6.45, 7) is 11.1. The number of rotatable bonds is 2. The van der Waals surface area contributed by atoms with E-state index in [2.05, 4.69) is 136 Å². The van der Waals surface area contributed by atoms with Crippen molar-refractivity contribution in [3.8, 4) is 27.9 Å². The van der Waals surface area contributed by atoms with Crippen LogP contribution in [-0.4, -0.2) is 4.57 Å². The van der Waals surface area contributed by atoms with Gasteiger partial charge >= 0.3 is 0 Å². The molecule has 1 aliphatic carbocycles. The third kappa shape index (κ3) is 3.96. The molecule has 3 heteroatoms. The van der Waals surface area contributed by atoms with Crippen LogP contribution in [0.15, 0.2) is 131 Å². The van der Waals surface area contributed by atoms with E-state index in [0.29, 0.717) is 21.9 Å². The number of aromatic nitrogens is 1. The van der Waals surface area contributed by atoms with Crippen molar-refractivity contribution in [1.82, 2.24) is 4.57 Å². The van der Waals surface area contributed by atoms with Crippen molar-refractivity contribution in [3.63, 3.8) is 0 Å². The lowest BCUT2D eigenvalue weighted by molar-refractivity contribution is 0.590. The van der Waals surface area contributed by atoms with Gasteiger partial charge in [0.2, 0.25) is 5.43 Å². The lowest BCUT2D eigenvalue weighted by Crippen LogP contribution is -2.15. The third-order valence-electron chi connectivity index (χ3n) is 10.4. The predicted molar refractivity (Wildman–Crippen MR) is 196 cm³/mol. The molecule has 0 fully saturated rings. The van der Waals surface area contributed by atoms with Gasteiger partial charge in [-0.3, -0.25) is 4.79 Å². The van der Waals surface area contributed by atoms with Crippen LogP contribution in [0.25, 0.3) is 71.7 Å². The Morgan fingerprint density at radius 2 is 1.28 bits per heavy atom. The Balaban J connectivity index is 1.40. The molecule has 0 atom stereocenters. The number of para-hydroxylation sites is 1. The van der Waals surface area contributed by atoms with Crippen LogP contribution in [0.4, 0.5) is 0 Å². The first-order chi connectivity index (χ1) is 22.6. The van der Waals surface area contributed by atoms with Gasteiger partial charge in [-0.2, -0.15) is 0 Å². The fourth-order valence-corrected chi connectivity index (χ4v) is 7.81. The zero-order chi connectivity index (χ0) is 32.2. The fraction of sp³-hybridized carbons (Fsp3) is 0.159. The van der Waals surface area contributed by atoms with Crippen LogP contribution in [-0.2, 0) is 10.8 Å². The zero-order valence-corrected chi connectivity index (χ0v) is 27.3. The third-order valence-corrected chi connectivity index (χ3v) is 10.4. The number of hydrogen-bond acceptors (Lipinski definition) is 2. The molecule has 0 saturated heterocycles. The molecule has 1 aliphatic rings. The Labute approximate surface area is 273 Å². The van der Waals surface area contributed by atoms with Crippen LogP contribution in [0.5, 0.6) is 0 Å². The Kier molecular flexibility index (Phi) is 5.67.